The summed E-state index contributed by atoms with van der Waals surface area (Å²) in [6, 6.07) is 15.0. The summed E-state index contributed by atoms with van der Waals surface area (Å²) in [6.45, 7) is 7.89. The van der Waals surface area contributed by atoms with Crippen LogP contribution in [0.4, 0.5) is 0 Å². The number of carbonyl (C=O) groups excluding carboxylic acids is 1. The van der Waals surface area contributed by atoms with E-state index in [-0.39, 0.29) is 0 Å². The number of halogens is 1. The van der Waals surface area contributed by atoms with Gasteiger partial charge in [0.15, 0.2) is 0 Å². The highest BCUT2D eigenvalue weighted by Crippen LogP contribution is 2.29. The summed E-state index contributed by atoms with van der Waals surface area (Å²) in [7, 11) is 0. The minimum atomic E-state index is -0.747. The number of esters is 1. The first-order valence-corrected chi connectivity index (χ1v) is 8.95. The van der Waals surface area contributed by atoms with Gasteiger partial charge in [-0.3, -0.25) is 0 Å². The number of hydrogen-bond donors (Lipinski definition) is 0. The standard InChI is InChI=1S/C20H21IO4/c1-4-23-12-13-24-18-11-10-16(21)14-17(18)19(22)25-20(2,3)15-8-6-5-7-9-15/h4-11,14H,1,12-13H2,2-3H3. The summed E-state index contributed by atoms with van der Waals surface area (Å²) in [6.07, 6.45) is 1.36. The minimum absolute atomic E-state index is 0.314. The van der Waals surface area contributed by atoms with Crippen molar-refractivity contribution < 1.29 is 19.0 Å². The van der Waals surface area contributed by atoms with Crippen LogP contribution in [-0.2, 0) is 15.1 Å². The van der Waals surface area contributed by atoms with Crippen LogP contribution in [0.25, 0.3) is 0 Å². The van der Waals surface area contributed by atoms with Crippen LogP contribution in [-0.4, -0.2) is 19.2 Å². The lowest BCUT2D eigenvalue weighted by atomic mass is 9.98. The maximum atomic E-state index is 12.7. The summed E-state index contributed by atoms with van der Waals surface area (Å²) in [4.78, 5) is 12.7. The third-order valence-corrected chi connectivity index (χ3v) is 4.23. The average molecular weight is 452 g/mol. The lowest BCUT2D eigenvalue weighted by molar-refractivity contribution is -0.00354. The molecule has 2 rings (SSSR count). The van der Waals surface area contributed by atoms with E-state index in [0.717, 1.165) is 9.13 Å². The van der Waals surface area contributed by atoms with E-state index in [4.69, 9.17) is 14.2 Å². The summed E-state index contributed by atoms with van der Waals surface area (Å²) >= 11 is 2.15. The van der Waals surface area contributed by atoms with Crippen molar-refractivity contribution in [2.45, 2.75) is 19.4 Å². The van der Waals surface area contributed by atoms with Gasteiger partial charge in [0.25, 0.3) is 0 Å². The van der Waals surface area contributed by atoms with Crippen LogP contribution in [0.3, 0.4) is 0 Å². The lowest BCUT2D eigenvalue weighted by Crippen LogP contribution is -2.26. The van der Waals surface area contributed by atoms with E-state index in [1.165, 1.54) is 6.26 Å². The number of rotatable bonds is 8. The topological polar surface area (TPSA) is 44.8 Å². The van der Waals surface area contributed by atoms with Crippen LogP contribution in [0.15, 0.2) is 61.4 Å². The van der Waals surface area contributed by atoms with Gasteiger partial charge in [0.05, 0.1) is 6.26 Å². The predicted octanol–water partition coefficient (Wildman–Crippen LogP) is 4.92. The van der Waals surface area contributed by atoms with E-state index >= 15 is 0 Å². The molecule has 4 nitrogen and oxygen atoms in total. The van der Waals surface area contributed by atoms with Crippen molar-refractivity contribution in [2.75, 3.05) is 13.2 Å². The molecule has 0 N–H and O–H groups in total. The van der Waals surface area contributed by atoms with E-state index < -0.39 is 11.6 Å². The molecule has 5 heteroatoms. The molecule has 0 fully saturated rings. The van der Waals surface area contributed by atoms with Crippen molar-refractivity contribution in [1.82, 2.24) is 0 Å². The van der Waals surface area contributed by atoms with E-state index in [1.807, 2.05) is 50.2 Å². The SMILES string of the molecule is C=COCCOc1ccc(I)cc1C(=O)OC(C)(C)c1ccccc1. The normalized spacial score (nSPS) is 10.8. The van der Waals surface area contributed by atoms with E-state index in [9.17, 15) is 4.79 Å². The number of hydrogen-bond acceptors (Lipinski definition) is 4. The van der Waals surface area contributed by atoms with Gasteiger partial charge in [-0.25, -0.2) is 4.79 Å². The summed E-state index contributed by atoms with van der Waals surface area (Å²) < 4.78 is 17.4. The Morgan fingerprint density at radius 3 is 2.56 bits per heavy atom. The Morgan fingerprint density at radius 1 is 1.16 bits per heavy atom. The Hall–Kier alpha value is -2.02. The van der Waals surface area contributed by atoms with Gasteiger partial charge in [0.1, 0.15) is 30.1 Å². The molecule has 0 unspecified atom stereocenters. The molecule has 0 saturated heterocycles. The highest BCUT2D eigenvalue weighted by atomic mass is 127. The quantitative estimate of drug-likeness (QED) is 0.247. The zero-order valence-corrected chi connectivity index (χ0v) is 16.5. The molecule has 0 aliphatic rings. The van der Waals surface area contributed by atoms with Gasteiger partial charge in [-0.1, -0.05) is 36.9 Å². The van der Waals surface area contributed by atoms with Crippen molar-refractivity contribution in [3.05, 3.63) is 76.1 Å². The van der Waals surface area contributed by atoms with Gasteiger partial charge < -0.3 is 14.2 Å². The number of benzene rings is 2. The molecule has 0 aromatic heterocycles. The van der Waals surface area contributed by atoms with Gasteiger partial charge in [-0.2, -0.15) is 0 Å². The van der Waals surface area contributed by atoms with Crippen LogP contribution in [0.5, 0.6) is 5.75 Å². The highest BCUT2D eigenvalue weighted by molar-refractivity contribution is 14.1. The van der Waals surface area contributed by atoms with E-state index in [2.05, 4.69) is 29.2 Å². The van der Waals surface area contributed by atoms with Crippen LogP contribution in [0.2, 0.25) is 0 Å². The lowest BCUT2D eigenvalue weighted by Gasteiger charge is -2.26. The third kappa shape index (κ3) is 5.49. The molecule has 0 saturated carbocycles. The van der Waals surface area contributed by atoms with Crippen molar-refractivity contribution in [3.63, 3.8) is 0 Å². The predicted molar refractivity (Wildman–Crippen MR) is 106 cm³/mol. The third-order valence-electron chi connectivity index (χ3n) is 3.55. The Balaban J connectivity index is 2.17. The van der Waals surface area contributed by atoms with Gasteiger partial charge in [0.2, 0.25) is 0 Å². The van der Waals surface area contributed by atoms with Crippen LogP contribution in [0.1, 0.15) is 29.8 Å². The fourth-order valence-corrected chi connectivity index (χ4v) is 2.75. The second-order valence-electron chi connectivity index (χ2n) is 5.79. The molecule has 2 aromatic carbocycles. The summed E-state index contributed by atoms with van der Waals surface area (Å²) in [5, 5.41) is 0. The van der Waals surface area contributed by atoms with Crippen LogP contribution < -0.4 is 4.74 Å². The largest absolute Gasteiger partial charge is 0.498 e. The fraction of sp³-hybridized carbons (Fsp3) is 0.250. The molecule has 0 radical (unpaired) electrons. The Labute approximate surface area is 161 Å². The van der Waals surface area contributed by atoms with Gasteiger partial charge >= 0.3 is 5.97 Å². The Kier molecular flexibility index (Phi) is 6.87. The van der Waals surface area contributed by atoms with Crippen molar-refractivity contribution in [1.29, 1.82) is 0 Å². The molecule has 0 aliphatic heterocycles. The first-order chi connectivity index (χ1) is 11.9. The van der Waals surface area contributed by atoms with Crippen LogP contribution >= 0.6 is 22.6 Å². The average Bonchev–Trinajstić information content (AvgIpc) is 2.60. The molecule has 25 heavy (non-hydrogen) atoms. The summed E-state index contributed by atoms with van der Waals surface area (Å²) in [5.74, 6) is 0.0500. The first kappa shape index (κ1) is 19.3. The zero-order valence-electron chi connectivity index (χ0n) is 14.3. The van der Waals surface area contributed by atoms with Crippen LogP contribution in [0, 0.1) is 3.57 Å². The fourth-order valence-electron chi connectivity index (χ4n) is 2.26. The van der Waals surface area contributed by atoms with Gasteiger partial charge in [-0.15, -0.1) is 0 Å². The first-order valence-electron chi connectivity index (χ1n) is 7.88. The molecular formula is C20H21IO4. The molecule has 0 bridgehead atoms. The molecule has 0 heterocycles. The van der Waals surface area contributed by atoms with Crippen molar-refractivity contribution >= 4 is 28.6 Å². The number of carbonyl (C=O) groups is 1. The maximum Gasteiger partial charge on any atom is 0.342 e. The molecular weight excluding hydrogens is 431 g/mol. The van der Waals surface area contributed by atoms with E-state index in [0.29, 0.717) is 24.5 Å². The molecule has 0 atom stereocenters. The molecule has 0 amide bonds. The molecule has 0 aliphatic carbocycles. The molecule has 132 valence electrons. The number of ether oxygens (including phenoxy) is 3. The molecule has 0 spiro atoms. The van der Waals surface area contributed by atoms with E-state index in [1.54, 1.807) is 12.1 Å². The zero-order chi connectivity index (χ0) is 18.3. The van der Waals surface area contributed by atoms with Crippen molar-refractivity contribution in [3.8, 4) is 5.75 Å². The maximum absolute atomic E-state index is 12.7. The second-order valence-corrected chi connectivity index (χ2v) is 7.04. The van der Waals surface area contributed by atoms with Gasteiger partial charge in [0, 0.05) is 3.57 Å². The minimum Gasteiger partial charge on any atom is -0.498 e. The van der Waals surface area contributed by atoms with Gasteiger partial charge in [-0.05, 0) is 60.2 Å². The molecule has 2 aromatic rings. The Morgan fingerprint density at radius 2 is 1.88 bits per heavy atom. The monoisotopic (exact) mass is 452 g/mol. The summed E-state index contributed by atoms with van der Waals surface area (Å²) in [5.41, 5.74) is 0.577. The van der Waals surface area contributed by atoms with Crippen molar-refractivity contribution in [2.24, 2.45) is 0 Å². The highest BCUT2D eigenvalue weighted by Gasteiger charge is 2.27. The second kappa shape index (κ2) is 8.89. The Bertz CT molecular complexity index is 726. The smallest absolute Gasteiger partial charge is 0.342 e.